The lowest BCUT2D eigenvalue weighted by Crippen LogP contribution is -2.02. The molecule has 0 saturated heterocycles. The molecule has 6 N–H and O–H groups in total. The molecule has 96 valence electrons. The van der Waals surface area contributed by atoms with E-state index in [-0.39, 0.29) is 0 Å². The van der Waals surface area contributed by atoms with Crippen LogP contribution in [0.25, 0.3) is 11.1 Å². The molecular weight excluding hydrogens is 232 g/mol. The van der Waals surface area contributed by atoms with Crippen LogP contribution in [0, 0.1) is 0 Å². The number of benzene rings is 2. The monoisotopic (exact) mass is 248 g/mol. The molecule has 0 heterocycles. The topological polar surface area (TPSA) is 110 Å². The van der Waals surface area contributed by atoms with Crippen LogP contribution in [-0.2, 0) is 0 Å². The Morgan fingerprint density at radius 3 is 1.17 bits per heavy atom. The van der Waals surface area contributed by atoms with Crippen LogP contribution < -0.4 is 11.7 Å². The smallest absolute Gasteiger partial charge is 0.450 e. The molecule has 0 amide bonds. The van der Waals surface area contributed by atoms with Gasteiger partial charge in [-0.1, -0.05) is 60.7 Å². The van der Waals surface area contributed by atoms with Gasteiger partial charge in [-0.2, -0.15) is 0 Å². The Morgan fingerprint density at radius 2 is 0.944 bits per heavy atom. The number of rotatable bonds is 1. The first-order chi connectivity index (χ1) is 8.70. The highest BCUT2D eigenvalue weighted by Gasteiger charge is 1.91. The summed E-state index contributed by atoms with van der Waals surface area (Å²) in [6, 6.07) is 20.8. The first-order valence-corrected chi connectivity index (χ1v) is 5.06. The van der Waals surface area contributed by atoms with E-state index in [4.69, 9.17) is 15.0 Å². The molecule has 0 saturated carbocycles. The highest BCUT2D eigenvalue weighted by molar-refractivity contribution is 5.62. The molecule has 0 aromatic heterocycles. The Hall–Kier alpha value is -2.37. The van der Waals surface area contributed by atoms with E-state index in [1.807, 2.05) is 12.1 Å². The van der Waals surface area contributed by atoms with Crippen LogP contribution in [0.5, 0.6) is 0 Å². The zero-order valence-corrected chi connectivity index (χ0v) is 9.73. The lowest BCUT2D eigenvalue weighted by atomic mass is 10.1. The SMILES string of the molecule is NN.O=C(O)O.c1ccc(-c2ccccc2)cc1. The van der Waals surface area contributed by atoms with Gasteiger partial charge < -0.3 is 10.2 Å². The second-order valence-electron chi connectivity index (χ2n) is 3.01. The minimum Gasteiger partial charge on any atom is -0.450 e. The Bertz CT molecular complexity index is 391. The quantitative estimate of drug-likeness (QED) is 0.457. The summed E-state index contributed by atoms with van der Waals surface area (Å²) in [5.74, 6) is 8.00. The van der Waals surface area contributed by atoms with Crippen molar-refractivity contribution in [3.05, 3.63) is 60.7 Å². The van der Waals surface area contributed by atoms with Crippen LogP contribution in [0.2, 0.25) is 0 Å². The third-order valence-electron chi connectivity index (χ3n) is 1.88. The molecule has 0 aliphatic carbocycles. The van der Waals surface area contributed by atoms with Gasteiger partial charge in [0.15, 0.2) is 0 Å². The second kappa shape index (κ2) is 9.83. The maximum Gasteiger partial charge on any atom is 0.503 e. The van der Waals surface area contributed by atoms with Gasteiger partial charge in [0.2, 0.25) is 0 Å². The molecule has 2 rings (SSSR count). The normalized spacial score (nSPS) is 8.11. The van der Waals surface area contributed by atoms with E-state index in [0.29, 0.717) is 0 Å². The fraction of sp³-hybridized carbons (Fsp3) is 0. The van der Waals surface area contributed by atoms with Gasteiger partial charge in [-0.15, -0.1) is 0 Å². The van der Waals surface area contributed by atoms with Crippen LogP contribution in [0.4, 0.5) is 4.79 Å². The largest absolute Gasteiger partial charge is 0.503 e. The Kier molecular flexibility index (Phi) is 8.53. The van der Waals surface area contributed by atoms with Crippen LogP contribution in [0.1, 0.15) is 0 Å². The van der Waals surface area contributed by atoms with Crippen molar-refractivity contribution in [2.75, 3.05) is 0 Å². The van der Waals surface area contributed by atoms with Crippen molar-refractivity contribution in [3.63, 3.8) is 0 Å². The van der Waals surface area contributed by atoms with Crippen molar-refractivity contribution < 1.29 is 15.0 Å². The van der Waals surface area contributed by atoms with Crippen LogP contribution in [0.3, 0.4) is 0 Å². The van der Waals surface area contributed by atoms with E-state index < -0.39 is 6.16 Å². The van der Waals surface area contributed by atoms with Crippen molar-refractivity contribution >= 4 is 6.16 Å². The molecule has 0 radical (unpaired) electrons. The van der Waals surface area contributed by atoms with Crippen LogP contribution >= 0.6 is 0 Å². The second-order valence-corrected chi connectivity index (χ2v) is 3.01. The van der Waals surface area contributed by atoms with Crippen LogP contribution in [-0.4, -0.2) is 16.4 Å². The molecule has 0 unspecified atom stereocenters. The molecular formula is C13H16N2O3. The minimum absolute atomic E-state index is 1.28. The van der Waals surface area contributed by atoms with Gasteiger partial charge in [0.1, 0.15) is 0 Å². The summed E-state index contributed by atoms with van der Waals surface area (Å²) in [5.41, 5.74) is 2.55. The van der Waals surface area contributed by atoms with E-state index in [1.54, 1.807) is 0 Å². The molecule has 5 nitrogen and oxygen atoms in total. The minimum atomic E-state index is -1.83. The standard InChI is InChI=1S/C12H10.CH2O3.H4N2/c1-3-7-11(8-4-1)12-9-5-2-6-10-12;2-1(3)4;1-2/h1-10H;(H2,2,3,4);1-2H2. The molecule has 5 heteroatoms. The summed E-state index contributed by atoms with van der Waals surface area (Å²) in [4.78, 5) is 8.56. The first kappa shape index (κ1) is 15.6. The number of hydrogen-bond donors (Lipinski definition) is 4. The molecule has 0 aliphatic heterocycles. The van der Waals surface area contributed by atoms with E-state index in [9.17, 15) is 0 Å². The Labute approximate surface area is 105 Å². The first-order valence-electron chi connectivity index (χ1n) is 5.06. The average Bonchev–Trinajstić information content (AvgIpc) is 2.42. The van der Waals surface area contributed by atoms with Crippen molar-refractivity contribution in [1.29, 1.82) is 0 Å². The number of carbonyl (C=O) groups is 1. The van der Waals surface area contributed by atoms with Gasteiger partial charge >= 0.3 is 6.16 Å². The molecule has 2 aromatic rings. The van der Waals surface area contributed by atoms with Crippen molar-refractivity contribution in [2.24, 2.45) is 11.7 Å². The van der Waals surface area contributed by atoms with Gasteiger partial charge in [0.25, 0.3) is 0 Å². The molecule has 0 spiro atoms. The lowest BCUT2D eigenvalue weighted by Gasteiger charge is -1.98. The summed E-state index contributed by atoms with van der Waals surface area (Å²) in [6.07, 6.45) is -1.83. The van der Waals surface area contributed by atoms with Crippen molar-refractivity contribution in [3.8, 4) is 11.1 Å². The zero-order valence-electron chi connectivity index (χ0n) is 9.73. The molecule has 0 fully saturated rings. The molecule has 0 atom stereocenters. The number of carboxylic acid groups (broad SMARTS) is 2. The Morgan fingerprint density at radius 1 is 0.722 bits per heavy atom. The molecule has 0 bridgehead atoms. The summed E-state index contributed by atoms with van der Waals surface area (Å²) in [7, 11) is 0. The third-order valence-corrected chi connectivity index (χ3v) is 1.88. The van der Waals surface area contributed by atoms with Crippen LogP contribution in [0.15, 0.2) is 60.7 Å². The van der Waals surface area contributed by atoms with Gasteiger partial charge in [0, 0.05) is 0 Å². The number of hydrogen-bond acceptors (Lipinski definition) is 3. The van der Waals surface area contributed by atoms with E-state index >= 15 is 0 Å². The number of hydrazine groups is 1. The third kappa shape index (κ3) is 7.00. The molecule has 2 aromatic carbocycles. The van der Waals surface area contributed by atoms with E-state index in [1.165, 1.54) is 11.1 Å². The number of nitrogens with two attached hydrogens (primary N) is 2. The summed E-state index contributed by atoms with van der Waals surface area (Å²) >= 11 is 0. The van der Waals surface area contributed by atoms with Crippen molar-refractivity contribution in [1.82, 2.24) is 0 Å². The van der Waals surface area contributed by atoms with Gasteiger partial charge in [-0.25, -0.2) is 4.79 Å². The maximum atomic E-state index is 8.56. The summed E-state index contributed by atoms with van der Waals surface area (Å²) in [5, 5.41) is 13.9. The zero-order chi connectivity index (χ0) is 13.8. The predicted octanol–water partition coefficient (Wildman–Crippen LogP) is 2.39. The molecule has 18 heavy (non-hydrogen) atoms. The molecule has 0 aliphatic rings. The van der Waals surface area contributed by atoms with Gasteiger partial charge in [-0.05, 0) is 11.1 Å². The highest BCUT2D eigenvalue weighted by Crippen LogP contribution is 2.17. The summed E-state index contributed by atoms with van der Waals surface area (Å²) in [6.45, 7) is 0. The maximum absolute atomic E-state index is 8.56. The fourth-order valence-corrected chi connectivity index (χ4v) is 1.26. The average molecular weight is 248 g/mol. The van der Waals surface area contributed by atoms with E-state index in [0.717, 1.165) is 0 Å². The van der Waals surface area contributed by atoms with Gasteiger partial charge in [-0.3, -0.25) is 11.7 Å². The predicted molar refractivity (Wildman–Crippen MR) is 70.9 cm³/mol. The Balaban J connectivity index is 0.000000415. The fourth-order valence-electron chi connectivity index (χ4n) is 1.26. The van der Waals surface area contributed by atoms with E-state index in [2.05, 4.69) is 60.2 Å². The lowest BCUT2D eigenvalue weighted by molar-refractivity contribution is 0.137. The van der Waals surface area contributed by atoms with Crippen molar-refractivity contribution in [2.45, 2.75) is 0 Å². The van der Waals surface area contributed by atoms with Gasteiger partial charge in [0.05, 0.1) is 0 Å². The summed E-state index contributed by atoms with van der Waals surface area (Å²) < 4.78 is 0. The highest BCUT2D eigenvalue weighted by atomic mass is 16.6.